The van der Waals surface area contributed by atoms with Gasteiger partial charge in [0.1, 0.15) is 10.8 Å². The van der Waals surface area contributed by atoms with Gasteiger partial charge < -0.3 is 5.32 Å². The van der Waals surface area contributed by atoms with Gasteiger partial charge in [0.15, 0.2) is 9.84 Å². The van der Waals surface area contributed by atoms with Gasteiger partial charge in [0.05, 0.1) is 17.2 Å². The van der Waals surface area contributed by atoms with E-state index in [1.807, 2.05) is 30.3 Å². The number of rotatable bonds is 7. The molecule has 0 saturated carbocycles. The molecule has 3 aromatic rings. The third-order valence-electron chi connectivity index (χ3n) is 3.69. The van der Waals surface area contributed by atoms with Gasteiger partial charge in [0.25, 0.3) is 0 Å². The number of nitrogens with zero attached hydrogens (tertiary/aromatic N) is 1. The first-order valence-electron chi connectivity index (χ1n) is 8.17. The van der Waals surface area contributed by atoms with Crippen molar-refractivity contribution in [3.63, 3.8) is 0 Å². The van der Waals surface area contributed by atoms with Crippen LogP contribution in [0, 0.1) is 5.82 Å². The maximum Gasteiger partial charge on any atom is 0.225 e. The lowest BCUT2D eigenvalue weighted by Gasteiger charge is -2.06. The molecule has 0 bridgehead atoms. The molecule has 8 heteroatoms. The molecule has 0 aliphatic carbocycles. The first-order valence-corrected chi connectivity index (χ1v) is 10.9. The summed E-state index contributed by atoms with van der Waals surface area (Å²) in [4.78, 5) is 16.3. The number of thiazole rings is 1. The smallest absolute Gasteiger partial charge is 0.225 e. The third kappa shape index (κ3) is 5.70. The van der Waals surface area contributed by atoms with E-state index in [1.165, 1.54) is 35.6 Å². The molecule has 1 aromatic heterocycles. The topological polar surface area (TPSA) is 76.1 Å². The van der Waals surface area contributed by atoms with Crippen LogP contribution in [0.25, 0.3) is 10.6 Å². The number of carbonyl (C=O) groups is 1. The lowest BCUT2D eigenvalue weighted by atomic mass is 10.2. The fraction of sp³-hybridized carbons (Fsp3) is 0.158. The zero-order valence-corrected chi connectivity index (χ0v) is 15.9. The Morgan fingerprint density at radius 1 is 1.11 bits per heavy atom. The number of nitrogens with one attached hydrogen (secondary N) is 1. The van der Waals surface area contributed by atoms with Crippen molar-refractivity contribution < 1.29 is 17.6 Å². The molecule has 3 rings (SSSR count). The molecule has 2 aromatic carbocycles. The van der Waals surface area contributed by atoms with Gasteiger partial charge in [-0.3, -0.25) is 4.79 Å². The Balaban J connectivity index is 1.56. The highest BCUT2D eigenvalue weighted by molar-refractivity contribution is 7.90. The lowest BCUT2D eigenvalue weighted by Crippen LogP contribution is -2.18. The number of halogens is 1. The van der Waals surface area contributed by atoms with Crippen LogP contribution in [0.1, 0.15) is 12.1 Å². The summed E-state index contributed by atoms with van der Waals surface area (Å²) in [5, 5.41) is 4.96. The molecule has 0 unspecified atom stereocenters. The van der Waals surface area contributed by atoms with E-state index in [4.69, 9.17) is 0 Å². The van der Waals surface area contributed by atoms with Crippen molar-refractivity contribution in [3.05, 3.63) is 71.5 Å². The molecular weight excluding hydrogens is 387 g/mol. The molecule has 0 saturated heterocycles. The van der Waals surface area contributed by atoms with Gasteiger partial charge >= 0.3 is 0 Å². The fourth-order valence-corrected chi connectivity index (χ4v) is 4.59. The van der Waals surface area contributed by atoms with Crippen LogP contribution in [0.15, 0.2) is 60.0 Å². The summed E-state index contributed by atoms with van der Waals surface area (Å²) in [5.74, 6) is -1.47. The van der Waals surface area contributed by atoms with Crippen LogP contribution in [0.2, 0.25) is 0 Å². The van der Waals surface area contributed by atoms with Crippen LogP contribution in [0.4, 0.5) is 10.1 Å². The van der Waals surface area contributed by atoms with Crippen LogP contribution in [-0.4, -0.2) is 25.1 Å². The van der Waals surface area contributed by atoms with Gasteiger partial charge in [-0.25, -0.2) is 17.8 Å². The minimum absolute atomic E-state index is 0.200. The maximum atomic E-state index is 13.1. The molecule has 27 heavy (non-hydrogen) atoms. The molecule has 0 aliphatic heterocycles. The van der Waals surface area contributed by atoms with Crippen LogP contribution in [0.5, 0.6) is 0 Å². The highest BCUT2D eigenvalue weighted by Gasteiger charge is 2.17. The summed E-state index contributed by atoms with van der Waals surface area (Å²) in [5.41, 5.74) is 1.69. The molecule has 1 heterocycles. The van der Waals surface area contributed by atoms with Gasteiger partial charge in [-0.15, -0.1) is 11.3 Å². The molecule has 0 fully saturated rings. The van der Waals surface area contributed by atoms with E-state index >= 15 is 0 Å². The lowest BCUT2D eigenvalue weighted by molar-refractivity contribution is -0.115. The average Bonchev–Trinajstić information content (AvgIpc) is 3.09. The number of benzene rings is 2. The molecule has 1 N–H and O–H groups in total. The molecule has 140 valence electrons. The number of sulfone groups is 1. The predicted molar refractivity (Wildman–Crippen MR) is 105 cm³/mol. The molecule has 0 spiro atoms. The van der Waals surface area contributed by atoms with E-state index in [0.717, 1.165) is 10.6 Å². The summed E-state index contributed by atoms with van der Waals surface area (Å²) in [7, 11) is -3.49. The standard InChI is InChI=1S/C19H17FN2O3S2/c20-15-7-4-8-16(11-15)21-18(23)9-10-27(24,25)13-17-12-26-19(22-17)14-5-2-1-3-6-14/h1-8,11-12H,9-10,13H2,(H,21,23). The Morgan fingerprint density at radius 3 is 2.63 bits per heavy atom. The van der Waals surface area contributed by atoms with Gasteiger partial charge in [-0.05, 0) is 18.2 Å². The molecule has 0 radical (unpaired) electrons. The van der Waals surface area contributed by atoms with Crippen LogP contribution in [0.3, 0.4) is 0 Å². The first-order chi connectivity index (χ1) is 12.9. The molecular formula is C19H17FN2O3S2. The van der Waals surface area contributed by atoms with E-state index in [1.54, 1.807) is 5.38 Å². The summed E-state index contributed by atoms with van der Waals surface area (Å²) >= 11 is 1.38. The zero-order chi connectivity index (χ0) is 19.3. The zero-order valence-electron chi connectivity index (χ0n) is 14.3. The number of anilines is 1. The van der Waals surface area contributed by atoms with Crippen molar-refractivity contribution >= 4 is 32.8 Å². The van der Waals surface area contributed by atoms with Crippen molar-refractivity contribution in [2.75, 3.05) is 11.1 Å². The molecule has 1 amide bonds. The Bertz CT molecular complexity index is 1030. The van der Waals surface area contributed by atoms with E-state index in [9.17, 15) is 17.6 Å². The summed E-state index contributed by atoms with van der Waals surface area (Å²) in [6, 6.07) is 14.9. The number of amides is 1. The monoisotopic (exact) mass is 404 g/mol. The Kier molecular flexibility index (Phi) is 5.98. The molecule has 5 nitrogen and oxygen atoms in total. The van der Waals surface area contributed by atoms with Crippen molar-refractivity contribution in [2.45, 2.75) is 12.2 Å². The van der Waals surface area contributed by atoms with Gasteiger partial charge in [0.2, 0.25) is 5.91 Å². The third-order valence-corrected chi connectivity index (χ3v) is 6.19. The largest absolute Gasteiger partial charge is 0.326 e. The minimum atomic E-state index is -3.49. The number of hydrogen-bond donors (Lipinski definition) is 1. The maximum absolute atomic E-state index is 13.1. The fourth-order valence-electron chi connectivity index (χ4n) is 2.42. The second kappa shape index (κ2) is 8.41. The summed E-state index contributed by atoms with van der Waals surface area (Å²) in [6.07, 6.45) is -0.200. The first kappa shape index (κ1) is 19.2. The minimum Gasteiger partial charge on any atom is -0.326 e. The number of hydrogen-bond acceptors (Lipinski definition) is 5. The van der Waals surface area contributed by atoms with Crippen LogP contribution < -0.4 is 5.32 Å². The Labute approximate surface area is 160 Å². The van der Waals surface area contributed by atoms with E-state index in [-0.39, 0.29) is 17.9 Å². The SMILES string of the molecule is O=C(CCS(=O)(=O)Cc1csc(-c2ccccc2)n1)Nc1cccc(F)c1. The highest BCUT2D eigenvalue weighted by atomic mass is 32.2. The molecule has 0 aliphatic rings. The van der Waals surface area contributed by atoms with Gasteiger partial charge in [0, 0.05) is 23.1 Å². The Morgan fingerprint density at radius 2 is 1.89 bits per heavy atom. The van der Waals surface area contributed by atoms with E-state index in [2.05, 4.69) is 10.3 Å². The van der Waals surface area contributed by atoms with Crippen molar-refractivity contribution in [1.29, 1.82) is 0 Å². The van der Waals surface area contributed by atoms with Crippen LogP contribution >= 0.6 is 11.3 Å². The van der Waals surface area contributed by atoms with Crippen molar-refractivity contribution in [3.8, 4) is 10.6 Å². The summed E-state index contributed by atoms with van der Waals surface area (Å²) in [6.45, 7) is 0. The van der Waals surface area contributed by atoms with E-state index in [0.29, 0.717) is 11.4 Å². The predicted octanol–water partition coefficient (Wildman–Crippen LogP) is 3.89. The van der Waals surface area contributed by atoms with Crippen molar-refractivity contribution in [1.82, 2.24) is 4.98 Å². The highest BCUT2D eigenvalue weighted by Crippen LogP contribution is 2.24. The number of aromatic nitrogens is 1. The second-order valence-electron chi connectivity index (χ2n) is 5.91. The normalized spacial score (nSPS) is 11.3. The Hall–Kier alpha value is -2.58. The second-order valence-corrected chi connectivity index (χ2v) is 8.95. The molecule has 0 atom stereocenters. The quantitative estimate of drug-likeness (QED) is 0.648. The van der Waals surface area contributed by atoms with Gasteiger partial charge in [-0.2, -0.15) is 0 Å². The van der Waals surface area contributed by atoms with E-state index < -0.39 is 21.6 Å². The summed E-state index contributed by atoms with van der Waals surface area (Å²) < 4.78 is 37.7. The average molecular weight is 404 g/mol. The van der Waals surface area contributed by atoms with Gasteiger partial charge in [-0.1, -0.05) is 36.4 Å². The number of carbonyl (C=O) groups excluding carboxylic acids is 1. The van der Waals surface area contributed by atoms with Crippen LogP contribution in [-0.2, 0) is 20.4 Å². The van der Waals surface area contributed by atoms with Crippen molar-refractivity contribution in [2.24, 2.45) is 0 Å².